The van der Waals surface area contributed by atoms with Gasteiger partial charge >= 0.3 is 0 Å². The second-order valence-electron chi connectivity index (χ2n) is 3.24. The third kappa shape index (κ3) is 2.80. The van der Waals surface area contributed by atoms with Crippen molar-refractivity contribution < 1.29 is 9.90 Å². The molecule has 0 atom stereocenters. The lowest BCUT2D eigenvalue weighted by Gasteiger charge is -2.04. The van der Waals surface area contributed by atoms with E-state index in [9.17, 15) is 9.90 Å². The molecule has 0 aliphatic heterocycles. The minimum absolute atomic E-state index is 0.0769. The van der Waals surface area contributed by atoms with Crippen LogP contribution < -0.4 is 5.32 Å². The van der Waals surface area contributed by atoms with E-state index in [1.807, 2.05) is 0 Å². The summed E-state index contributed by atoms with van der Waals surface area (Å²) in [5.74, 6) is -0.494. The highest BCUT2D eigenvalue weighted by Crippen LogP contribution is 2.23. The fourth-order valence-electron chi connectivity index (χ4n) is 1.20. The van der Waals surface area contributed by atoms with Crippen LogP contribution in [0, 0.1) is 6.92 Å². The molecule has 1 amide bonds. The van der Waals surface area contributed by atoms with Gasteiger partial charge < -0.3 is 5.11 Å². The van der Waals surface area contributed by atoms with E-state index in [0.717, 1.165) is 5.01 Å². The average molecular weight is 314 g/mol. The van der Waals surface area contributed by atoms with Gasteiger partial charge in [0.1, 0.15) is 10.8 Å². The maximum atomic E-state index is 11.8. The van der Waals surface area contributed by atoms with Gasteiger partial charge in [0.25, 0.3) is 5.91 Å². The number of carbonyl (C=O) groups is 1. The Bertz CT molecular complexity index is 570. The summed E-state index contributed by atoms with van der Waals surface area (Å²) in [5, 5.41) is 20.9. The van der Waals surface area contributed by atoms with Gasteiger partial charge in [0, 0.05) is 4.47 Å². The number of nitrogens with zero attached hydrogens (tertiary/aromatic N) is 2. The van der Waals surface area contributed by atoms with E-state index in [1.165, 1.54) is 17.4 Å². The number of aryl methyl sites for hydroxylation is 1. The smallest absolute Gasteiger partial charge is 0.261 e. The Balaban J connectivity index is 2.22. The number of hydrogen-bond donors (Lipinski definition) is 2. The molecule has 5 nitrogen and oxygen atoms in total. The van der Waals surface area contributed by atoms with E-state index >= 15 is 0 Å². The molecular formula is C10H8BrN3O2S. The highest BCUT2D eigenvalue weighted by molar-refractivity contribution is 9.10. The minimum atomic E-state index is -0.417. The molecule has 1 heterocycles. The molecule has 2 N–H and O–H groups in total. The molecule has 1 aromatic carbocycles. The number of phenolic OH excluding ortho intramolecular Hbond substituents is 1. The number of hydrogen-bond acceptors (Lipinski definition) is 5. The Labute approximate surface area is 110 Å². The second kappa shape index (κ2) is 4.80. The van der Waals surface area contributed by atoms with Crippen molar-refractivity contribution in [1.29, 1.82) is 0 Å². The van der Waals surface area contributed by atoms with Crippen molar-refractivity contribution in [2.24, 2.45) is 0 Å². The van der Waals surface area contributed by atoms with Crippen molar-refractivity contribution in [2.45, 2.75) is 6.92 Å². The van der Waals surface area contributed by atoms with Crippen LogP contribution in [0.4, 0.5) is 5.13 Å². The zero-order chi connectivity index (χ0) is 12.4. The topological polar surface area (TPSA) is 75.1 Å². The van der Waals surface area contributed by atoms with Gasteiger partial charge in [-0.1, -0.05) is 27.3 Å². The van der Waals surface area contributed by atoms with Crippen LogP contribution in [0.15, 0.2) is 22.7 Å². The normalized spacial score (nSPS) is 10.2. The molecule has 0 fully saturated rings. The summed E-state index contributed by atoms with van der Waals surface area (Å²) in [6.45, 7) is 1.80. The van der Waals surface area contributed by atoms with Gasteiger partial charge in [-0.3, -0.25) is 10.1 Å². The van der Waals surface area contributed by atoms with Crippen LogP contribution in [-0.4, -0.2) is 21.2 Å². The summed E-state index contributed by atoms with van der Waals surface area (Å²) in [6, 6.07) is 4.64. The number of amides is 1. The maximum Gasteiger partial charge on any atom is 0.261 e. The fraction of sp³-hybridized carbons (Fsp3) is 0.100. The summed E-state index contributed by atoms with van der Waals surface area (Å²) in [6.07, 6.45) is 0. The highest BCUT2D eigenvalue weighted by atomic mass is 79.9. The molecule has 7 heteroatoms. The van der Waals surface area contributed by atoms with Crippen molar-refractivity contribution >= 4 is 38.3 Å². The van der Waals surface area contributed by atoms with Crippen molar-refractivity contribution in [3.05, 3.63) is 33.2 Å². The Morgan fingerprint density at radius 2 is 2.24 bits per heavy atom. The van der Waals surface area contributed by atoms with Crippen LogP contribution in [0.5, 0.6) is 5.75 Å². The van der Waals surface area contributed by atoms with Crippen LogP contribution in [-0.2, 0) is 0 Å². The Morgan fingerprint density at radius 1 is 1.47 bits per heavy atom. The average Bonchev–Trinajstić information content (AvgIpc) is 2.67. The van der Waals surface area contributed by atoms with E-state index in [-0.39, 0.29) is 11.3 Å². The fourth-order valence-corrected chi connectivity index (χ4v) is 2.15. The van der Waals surface area contributed by atoms with Crippen molar-refractivity contribution in [1.82, 2.24) is 10.2 Å². The van der Waals surface area contributed by atoms with E-state index in [0.29, 0.717) is 9.60 Å². The van der Waals surface area contributed by atoms with Crippen molar-refractivity contribution in [2.75, 3.05) is 5.32 Å². The summed E-state index contributed by atoms with van der Waals surface area (Å²) in [5.41, 5.74) is 0.187. The predicted octanol–water partition coefficient (Wildman–Crippen LogP) is 2.57. The largest absolute Gasteiger partial charge is 0.507 e. The number of anilines is 1. The SMILES string of the molecule is Cc1nnc(NC(=O)c2cc(Br)ccc2O)s1. The lowest BCUT2D eigenvalue weighted by Crippen LogP contribution is -2.11. The standard InChI is InChI=1S/C10H8BrN3O2S/c1-5-13-14-10(17-5)12-9(16)7-4-6(11)2-3-8(7)15/h2-4,15H,1H3,(H,12,14,16). The second-order valence-corrected chi connectivity index (χ2v) is 5.34. The third-order valence-corrected chi connectivity index (χ3v) is 3.20. The molecule has 0 saturated carbocycles. The zero-order valence-corrected chi connectivity index (χ0v) is 11.2. The summed E-state index contributed by atoms with van der Waals surface area (Å²) in [4.78, 5) is 11.8. The summed E-state index contributed by atoms with van der Waals surface area (Å²) in [7, 11) is 0. The van der Waals surface area contributed by atoms with Gasteiger partial charge in [-0.05, 0) is 25.1 Å². The van der Waals surface area contributed by atoms with Gasteiger partial charge in [0.15, 0.2) is 0 Å². The molecule has 88 valence electrons. The van der Waals surface area contributed by atoms with Gasteiger partial charge in [-0.15, -0.1) is 10.2 Å². The molecule has 1 aromatic heterocycles. The van der Waals surface area contributed by atoms with Crippen LogP contribution in [0.25, 0.3) is 0 Å². The number of nitrogens with one attached hydrogen (secondary N) is 1. The number of benzene rings is 1. The zero-order valence-electron chi connectivity index (χ0n) is 8.77. The van der Waals surface area contributed by atoms with Crippen LogP contribution in [0.1, 0.15) is 15.4 Å². The Kier molecular flexibility index (Phi) is 3.39. The minimum Gasteiger partial charge on any atom is -0.507 e. The number of rotatable bonds is 2. The van der Waals surface area contributed by atoms with E-state index in [1.54, 1.807) is 19.1 Å². The molecule has 0 aliphatic carbocycles. The number of halogens is 1. The molecule has 2 aromatic rings. The van der Waals surface area contributed by atoms with Crippen molar-refractivity contribution in [3.63, 3.8) is 0 Å². The third-order valence-electron chi connectivity index (χ3n) is 1.95. The van der Waals surface area contributed by atoms with Crippen molar-refractivity contribution in [3.8, 4) is 5.75 Å². The Hall–Kier alpha value is -1.47. The predicted molar refractivity (Wildman–Crippen MR) is 68.4 cm³/mol. The monoisotopic (exact) mass is 313 g/mol. The number of phenols is 1. The molecule has 0 radical (unpaired) electrons. The first kappa shape index (κ1) is 12.0. The van der Waals surface area contributed by atoms with Gasteiger partial charge in [-0.25, -0.2) is 0 Å². The lowest BCUT2D eigenvalue weighted by molar-refractivity contribution is 0.102. The molecule has 2 rings (SSSR count). The maximum absolute atomic E-state index is 11.8. The molecular weight excluding hydrogens is 306 g/mol. The molecule has 0 saturated heterocycles. The van der Waals surface area contributed by atoms with E-state index < -0.39 is 5.91 Å². The van der Waals surface area contributed by atoms with Gasteiger partial charge in [0.05, 0.1) is 5.56 Å². The lowest BCUT2D eigenvalue weighted by atomic mass is 10.2. The first-order valence-corrected chi connectivity index (χ1v) is 6.27. The molecule has 0 aliphatic rings. The molecule has 0 bridgehead atoms. The molecule has 17 heavy (non-hydrogen) atoms. The van der Waals surface area contributed by atoms with Crippen LogP contribution in [0.2, 0.25) is 0 Å². The number of aromatic nitrogens is 2. The molecule has 0 spiro atoms. The van der Waals surface area contributed by atoms with E-state index in [2.05, 4.69) is 31.4 Å². The van der Waals surface area contributed by atoms with Gasteiger partial charge in [0.2, 0.25) is 5.13 Å². The Morgan fingerprint density at radius 3 is 2.88 bits per heavy atom. The van der Waals surface area contributed by atoms with E-state index in [4.69, 9.17) is 0 Å². The summed E-state index contributed by atoms with van der Waals surface area (Å²) < 4.78 is 0.717. The summed E-state index contributed by atoms with van der Waals surface area (Å²) >= 11 is 4.51. The number of carbonyl (C=O) groups excluding carboxylic acids is 1. The first-order chi connectivity index (χ1) is 8.06. The molecule has 0 unspecified atom stereocenters. The highest BCUT2D eigenvalue weighted by Gasteiger charge is 2.13. The quantitative estimate of drug-likeness (QED) is 0.893. The van der Waals surface area contributed by atoms with Crippen LogP contribution >= 0.6 is 27.3 Å². The first-order valence-electron chi connectivity index (χ1n) is 4.66. The number of aromatic hydroxyl groups is 1. The van der Waals surface area contributed by atoms with Gasteiger partial charge in [-0.2, -0.15) is 0 Å². The van der Waals surface area contributed by atoms with Crippen LogP contribution in [0.3, 0.4) is 0 Å².